The molecule has 1 amide bonds. The molecule has 0 aliphatic heterocycles. The molecule has 0 spiro atoms. The molecule has 0 fully saturated rings. The van der Waals surface area contributed by atoms with Gasteiger partial charge in [0.15, 0.2) is 0 Å². The molecular weight excluding hydrogens is 250 g/mol. The van der Waals surface area contributed by atoms with Crippen LogP contribution in [0.3, 0.4) is 0 Å². The minimum Gasteiger partial charge on any atom is -0.351 e. The quantitative estimate of drug-likeness (QED) is 0.894. The van der Waals surface area contributed by atoms with Crippen molar-refractivity contribution in [2.45, 2.75) is 26.9 Å². The lowest BCUT2D eigenvalue weighted by Crippen LogP contribution is -2.23. The van der Waals surface area contributed by atoms with Crippen LogP contribution in [-0.2, 0) is 20.1 Å². The normalized spacial score (nSPS) is 10.6. The Morgan fingerprint density at radius 1 is 1.20 bits per heavy atom. The molecule has 4 heteroatoms. The summed E-state index contributed by atoms with van der Waals surface area (Å²) >= 11 is 0. The number of rotatable bonds is 4. The van der Waals surface area contributed by atoms with Gasteiger partial charge in [-0.1, -0.05) is 24.3 Å². The topological polar surface area (TPSA) is 60.1 Å². The van der Waals surface area contributed by atoms with Crippen LogP contribution >= 0.6 is 0 Å². The van der Waals surface area contributed by atoms with Crippen molar-refractivity contribution in [3.63, 3.8) is 0 Å². The monoisotopic (exact) mass is 271 g/mol. The van der Waals surface area contributed by atoms with E-state index in [0.29, 0.717) is 13.1 Å². The Labute approximate surface area is 119 Å². The van der Waals surface area contributed by atoms with E-state index in [9.17, 15) is 4.79 Å². The van der Waals surface area contributed by atoms with Crippen molar-refractivity contribution in [3.8, 4) is 0 Å². The summed E-state index contributed by atoms with van der Waals surface area (Å²) in [6.07, 6.45) is 0. The highest BCUT2D eigenvalue weighted by Crippen LogP contribution is 2.13. The Morgan fingerprint density at radius 3 is 2.30 bits per heavy atom. The van der Waals surface area contributed by atoms with Gasteiger partial charge in [-0.2, -0.15) is 0 Å². The average Bonchev–Trinajstić information content (AvgIpc) is 2.73. The van der Waals surface area contributed by atoms with Crippen molar-refractivity contribution in [2.75, 3.05) is 0 Å². The van der Waals surface area contributed by atoms with Crippen LogP contribution in [0.5, 0.6) is 0 Å². The Kier molecular flexibility index (Phi) is 4.25. The maximum Gasteiger partial charge on any atom is 0.253 e. The maximum atomic E-state index is 12.2. The molecule has 4 nitrogen and oxygen atoms in total. The molecule has 106 valence electrons. The standard InChI is InChI=1S/C16H21N3O/c1-11-8-15(12(2)19(11)3)16(20)18-10-14-6-4-13(9-17)5-7-14/h4-8H,9-10,17H2,1-3H3,(H,18,20). The number of benzene rings is 1. The Morgan fingerprint density at radius 2 is 1.80 bits per heavy atom. The predicted octanol–water partition coefficient (Wildman–Crippen LogP) is 2.03. The molecule has 1 aromatic carbocycles. The molecular formula is C16H21N3O. The lowest BCUT2D eigenvalue weighted by Gasteiger charge is -2.06. The lowest BCUT2D eigenvalue weighted by molar-refractivity contribution is 0.0950. The molecule has 0 radical (unpaired) electrons. The number of carbonyl (C=O) groups is 1. The van der Waals surface area contributed by atoms with Crippen LogP contribution in [0.4, 0.5) is 0 Å². The number of hydrogen-bond donors (Lipinski definition) is 2. The molecule has 0 aliphatic carbocycles. The Bertz CT molecular complexity index is 611. The fourth-order valence-corrected chi connectivity index (χ4v) is 2.16. The number of aryl methyl sites for hydroxylation is 1. The van der Waals surface area contributed by atoms with Crippen molar-refractivity contribution in [1.29, 1.82) is 0 Å². The highest BCUT2D eigenvalue weighted by molar-refractivity contribution is 5.95. The van der Waals surface area contributed by atoms with E-state index in [0.717, 1.165) is 28.1 Å². The van der Waals surface area contributed by atoms with Crippen LogP contribution in [0.2, 0.25) is 0 Å². The average molecular weight is 271 g/mol. The van der Waals surface area contributed by atoms with Gasteiger partial charge in [0.25, 0.3) is 5.91 Å². The van der Waals surface area contributed by atoms with E-state index < -0.39 is 0 Å². The van der Waals surface area contributed by atoms with Gasteiger partial charge in [0, 0.05) is 31.5 Å². The van der Waals surface area contributed by atoms with Crippen LogP contribution in [0, 0.1) is 13.8 Å². The van der Waals surface area contributed by atoms with E-state index in [4.69, 9.17) is 5.73 Å². The number of amides is 1. The third-order valence-electron chi connectivity index (χ3n) is 3.73. The molecule has 0 saturated carbocycles. The fraction of sp³-hybridized carbons (Fsp3) is 0.312. The molecule has 20 heavy (non-hydrogen) atoms. The highest BCUT2D eigenvalue weighted by atomic mass is 16.1. The van der Waals surface area contributed by atoms with E-state index in [-0.39, 0.29) is 5.91 Å². The van der Waals surface area contributed by atoms with Crippen LogP contribution in [0.25, 0.3) is 0 Å². The minimum absolute atomic E-state index is 0.0332. The number of hydrogen-bond acceptors (Lipinski definition) is 2. The second-order valence-electron chi connectivity index (χ2n) is 5.05. The molecule has 0 saturated heterocycles. The van der Waals surface area contributed by atoms with Gasteiger partial charge in [-0.05, 0) is 31.0 Å². The third kappa shape index (κ3) is 2.91. The van der Waals surface area contributed by atoms with Crippen molar-refractivity contribution in [1.82, 2.24) is 9.88 Å². The van der Waals surface area contributed by atoms with Crippen LogP contribution < -0.4 is 11.1 Å². The lowest BCUT2D eigenvalue weighted by atomic mass is 10.1. The van der Waals surface area contributed by atoms with Crippen LogP contribution in [0.1, 0.15) is 32.9 Å². The van der Waals surface area contributed by atoms with Gasteiger partial charge in [-0.15, -0.1) is 0 Å². The molecule has 1 heterocycles. The van der Waals surface area contributed by atoms with E-state index >= 15 is 0 Å². The number of carbonyl (C=O) groups excluding carboxylic acids is 1. The SMILES string of the molecule is Cc1cc(C(=O)NCc2ccc(CN)cc2)c(C)n1C. The van der Waals surface area contributed by atoms with Gasteiger partial charge in [0.1, 0.15) is 0 Å². The van der Waals surface area contributed by atoms with Gasteiger partial charge in [-0.3, -0.25) is 4.79 Å². The van der Waals surface area contributed by atoms with E-state index in [2.05, 4.69) is 5.32 Å². The van der Waals surface area contributed by atoms with E-state index in [1.54, 1.807) is 0 Å². The van der Waals surface area contributed by atoms with Crippen LogP contribution in [0.15, 0.2) is 30.3 Å². The van der Waals surface area contributed by atoms with Crippen molar-refractivity contribution in [3.05, 3.63) is 58.4 Å². The molecule has 3 N–H and O–H groups in total. The van der Waals surface area contributed by atoms with Gasteiger partial charge in [0.05, 0.1) is 5.56 Å². The summed E-state index contributed by atoms with van der Waals surface area (Å²) in [5.41, 5.74) is 10.5. The van der Waals surface area contributed by atoms with Gasteiger partial charge < -0.3 is 15.6 Å². The predicted molar refractivity (Wildman–Crippen MR) is 80.4 cm³/mol. The van der Waals surface area contributed by atoms with Gasteiger partial charge in [0.2, 0.25) is 0 Å². The summed E-state index contributed by atoms with van der Waals surface area (Å²) in [6.45, 7) is 5.01. The molecule has 0 bridgehead atoms. The summed E-state index contributed by atoms with van der Waals surface area (Å²) in [6, 6.07) is 9.87. The van der Waals surface area contributed by atoms with Gasteiger partial charge >= 0.3 is 0 Å². The zero-order valence-corrected chi connectivity index (χ0v) is 12.2. The summed E-state index contributed by atoms with van der Waals surface area (Å²) in [5, 5.41) is 2.95. The number of nitrogens with zero attached hydrogens (tertiary/aromatic N) is 1. The highest BCUT2D eigenvalue weighted by Gasteiger charge is 2.13. The van der Waals surface area contributed by atoms with Crippen molar-refractivity contribution < 1.29 is 4.79 Å². The van der Waals surface area contributed by atoms with Gasteiger partial charge in [-0.25, -0.2) is 0 Å². The molecule has 0 atom stereocenters. The van der Waals surface area contributed by atoms with Crippen LogP contribution in [-0.4, -0.2) is 10.5 Å². The zero-order valence-electron chi connectivity index (χ0n) is 12.2. The number of nitrogens with one attached hydrogen (secondary N) is 1. The van der Waals surface area contributed by atoms with Crippen molar-refractivity contribution in [2.24, 2.45) is 12.8 Å². The summed E-state index contributed by atoms with van der Waals surface area (Å²) < 4.78 is 2.02. The number of aromatic nitrogens is 1. The molecule has 0 aliphatic rings. The Balaban J connectivity index is 2.02. The number of nitrogens with two attached hydrogens (primary N) is 1. The Hall–Kier alpha value is -2.07. The first-order valence-electron chi connectivity index (χ1n) is 6.72. The second kappa shape index (κ2) is 5.92. The van der Waals surface area contributed by atoms with Crippen molar-refractivity contribution >= 4 is 5.91 Å². The molecule has 2 rings (SSSR count). The minimum atomic E-state index is -0.0332. The third-order valence-corrected chi connectivity index (χ3v) is 3.73. The molecule has 0 unspecified atom stereocenters. The van der Waals surface area contributed by atoms with E-state index in [1.807, 2.05) is 55.8 Å². The maximum absolute atomic E-state index is 12.2. The van der Waals surface area contributed by atoms with E-state index in [1.165, 1.54) is 0 Å². The largest absolute Gasteiger partial charge is 0.351 e. The first-order valence-corrected chi connectivity index (χ1v) is 6.72. The zero-order chi connectivity index (χ0) is 14.7. The fourth-order valence-electron chi connectivity index (χ4n) is 2.16. The first-order chi connectivity index (χ1) is 9.52. The summed E-state index contributed by atoms with van der Waals surface area (Å²) in [7, 11) is 1.97. The first kappa shape index (κ1) is 14.3. The summed E-state index contributed by atoms with van der Waals surface area (Å²) in [4.78, 5) is 12.2. The molecule has 1 aromatic heterocycles. The second-order valence-corrected chi connectivity index (χ2v) is 5.05. The smallest absolute Gasteiger partial charge is 0.253 e. The summed E-state index contributed by atoms with van der Waals surface area (Å²) in [5.74, 6) is -0.0332. The molecule has 2 aromatic rings.